The first-order valence-corrected chi connectivity index (χ1v) is 11.3. The molecule has 2 aromatic rings. The summed E-state index contributed by atoms with van der Waals surface area (Å²) in [5.74, 6) is 0.800. The van der Waals surface area contributed by atoms with Crippen molar-refractivity contribution in [3.8, 4) is 0 Å². The number of morpholine rings is 1. The van der Waals surface area contributed by atoms with Gasteiger partial charge in [0.05, 0.1) is 19.8 Å². The predicted molar refractivity (Wildman–Crippen MR) is 121 cm³/mol. The number of aromatic nitrogens is 1. The maximum atomic E-state index is 12.4. The molecule has 0 radical (unpaired) electrons. The Labute approximate surface area is 189 Å². The van der Waals surface area contributed by atoms with Gasteiger partial charge < -0.3 is 14.5 Å². The Bertz CT molecular complexity index is 818. The molecule has 1 amide bonds. The lowest BCUT2D eigenvalue weighted by molar-refractivity contribution is 0.0383. The van der Waals surface area contributed by atoms with E-state index < -0.39 is 0 Å². The number of ether oxygens (including phenoxy) is 1. The fourth-order valence-corrected chi connectivity index (χ4v) is 3.62. The van der Waals surface area contributed by atoms with E-state index in [0.29, 0.717) is 36.6 Å². The van der Waals surface area contributed by atoms with Crippen LogP contribution in [0.15, 0.2) is 34.9 Å². The molecular formula is C23H33ClN4O3. The zero-order chi connectivity index (χ0) is 22.2. The van der Waals surface area contributed by atoms with Gasteiger partial charge in [-0.2, -0.15) is 0 Å². The summed E-state index contributed by atoms with van der Waals surface area (Å²) in [5, 5.41) is 3.66. The molecule has 2 heterocycles. The van der Waals surface area contributed by atoms with Crippen LogP contribution in [0.25, 0.3) is 0 Å². The average Bonchev–Trinajstić information content (AvgIpc) is 3.23. The van der Waals surface area contributed by atoms with Crippen molar-refractivity contribution in [3.63, 3.8) is 0 Å². The van der Waals surface area contributed by atoms with Gasteiger partial charge in [0, 0.05) is 43.8 Å². The summed E-state index contributed by atoms with van der Waals surface area (Å²) in [6.45, 7) is 12.6. The molecule has 31 heavy (non-hydrogen) atoms. The van der Waals surface area contributed by atoms with E-state index in [1.54, 1.807) is 0 Å². The van der Waals surface area contributed by atoms with Crippen LogP contribution >= 0.6 is 11.6 Å². The third-order valence-electron chi connectivity index (χ3n) is 5.78. The zero-order valence-corrected chi connectivity index (χ0v) is 19.4. The van der Waals surface area contributed by atoms with Crippen molar-refractivity contribution in [1.82, 2.24) is 20.1 Å². The van der Waals surface area contributed by atoms with Gasteiger partial charge in [-0.05, 0) is 30.5 Å². The summed E-state index contributed by atoms with van der Waals surface area (Å²) in [6, 6.07) is 8.18. The Balaban J connectivity index is 1.56. The minimum atomic E-state index is -0.204. The molecule has 1 aliphatic heterocycles. The van der Waals surface area contributed by atoms with Gasteiger partial charge in [-0.25, -0.2) is 4.98 Å². The molecular weight excluding hydrogens is 416 g/mol. The number of hydrogen-bond donors (Lipinski definition) is 1. The van der Waals surface area contributed by atoms with Gasteiger partial charge in [-0.1, -0.05) is 37.6 Å². The summed E-state index contributed by atoms with van der Waals surface area (Å²) in [4.78, 5) is 21.5. The van der Waals surface area contributed by atoms with Gasteiger partial charge in [0.2, 0.25) is 5.89 Å². The average molecular weight is 449 g/mol. The predicted octanol–water partition coefficient (Wildman–Crippen LogP) is 3.44. The van der Waals surface area contributed by atoms with Crippen LogP contribution in [0.3, 0.4) is 0 Å². The highest BCUT2D eigenvalue weighted by atomic mass is 35.5. The largest absolute Gasteiger partial charge is 0.447 e. The second-order valence-electron chi connectivity index (χ2n) is 8.35. The number of nitrogens with zero attached hydrogens (tertiary/aromatic N) is 3. The number of halogens is 1. The van der Waals surface area contributed by atoms with E-state index in [2.05, 4.69) is 40.9 Å². The van der Waals surface area contributed by atoms with Gasteiger partial charge >= 0.3 is 0 Å². The van der Waals surface area contributed by atoms with Gasteiger partial charge in [0.15, 0.2) is 5.69 Å². The summed E-state index contributed by atoms with van der Waals surface area (Å²) in [5.41, 5.74) is 1.49. The number of hydrogen-bond acceptors (Lipinski definition) is 6. The van der Waals surface area contributed by atoms with Crippen molar-refractivity contribution < 1.29 is 13.9 Å². The minimum Gasteiger partial charge on any atom is -0.447 e. The van der Waals surface area contributed by atoms with Crippen LogP contribution in [0.4, 0.5) is 0 Å². The van der Waals surface area contributed by atoms with Crippen LogP contribution in [0, 0.1) is 5.92 Å². The van der Waals surface area contributed by atoms with Gasteiger partial charge in [0.1, 0.15) is 6.26 Å². The first-order chi connectivity index (χ1) is 14.9. The summed E-state index contributed by atoms with van der Waals surface area (Å²) in [6.07, 6.45) is 1.44. The van der Waals surface area contributed by atoms with Crippen LogP contribution in [0.1, 0.15) is 42.7 Å². The molecule has 3 rings (SSSR count). The van der Waals surface area contributed by atoms with Crippen LogP contribution in [0.5, 0.6) is 0 Å². The molecule has 1 aromatic heterocycles. The third kappa shape index (κ3) is 7.31. The molecule has 1 aliphatic rings. The number of oxazole rings is 1. The molecule has 0 saturated carbocycles. The van der Waals surface area contributed by atoms with E-state index in [1.807, 2.05) is 24.3 Å². The van der Waals surface area contributed by atoms with Crippen molar-refractivity contribution in [3.05, 3.63) is 52.7 Å². The number of amides is 1. The molecule has 1 aromatic carbocycles. The van der Waals surface area contributed by atoms with Crippen molar-refractivity contribution in [1.29, 1.82) is 0 Å². The van der Waals surface area contributed by atoms with Crippen molar-refractivity contribution in [2.45, 2.75) is 39.9 Å². The maximum Gasteiger partial charge on any atom is 0.273 e. The highest BCUT2D eigenvalue weighted by Gasteiger charge is 2.21. The molecule has 0 aliphatic carbocycles. The van der Waals surface area contributed by atoms with Crippen molar-refractivity contribution in [2.75, 3.05) is 39.4 Å². The number of rotatable bonds is 10. The summed E-state index contributed by atoms with van der Waals surface area (Å²) in [7, 11) is 0. The molecule has 0 bridgehead atoms. The lowest BCUT2D eigenvalue weighted by atomic mass is 10.0. The van der Waals surface area contributed by atoms with Crippen molar-refractivity contribution in [2.24, 2.45) is 5.92 Å². The standard InChI is InChI=1S/C23H33ClN4O3/c1-17(2)18(3)28(14-19-4-6-20(24)7-5-19)15-22-26-21(16-31-22)23(29)25-8-9-27-10-12-30-13-11-27/h4-7,16-18H,8-15H2,1-3H3,(H,25,29). The lowest BCUT2D eigenvalue weighted by Crippen LogP contribution is -2.41. The van der Waals surface area contributed by atoms with E-state index in [1.165, 1.54) is 11.8 Å². The summed E-state index contributed by atoms with van der Waals surface area (Å²) >= 11 is 6.02. The Morgan fingerprint density at radius 2 is 1.90 bits per heavy atom. The van der Waals surface area contributed by atoms with Crippen molar-refractivity contribution >= 4 is 17.5 Å². The molecule has 1 saturated heterocycles. The molecule has 1 fully saturated rings. The number of benzene rings is 1. The third-order valence-corrected chi connectivity index (χ3v) is 6.03. The number of carbonyl (C=O) groups is 1. The van der Waals surface area contributed by atoms with Gasteiger partial charge in [-0.15, -0.1) is 0 Å². The first kappa shape index (κ1) is 23.7. The van der Waals surface area contributed by atoms with E-state index in [4.69, 9.17) is 20.8 Å². The Hall–Kier alpha value is -1.93. The second-order valence-corrected chi connectivity index (χ2v) is 8.79. The van der Waals surface area contributed by atoms with E-state index in [9.17, 15) is 4.79 Å². The monoisotopic (exact) mass is 448 g/mol. The Kier molecular flexibility index (Phi) is 8.90. The molecule has 7 nitrogen and oxygen atoms in total. The van der Waals surface area contributed by atoms with Crippen LogP contribution in [0.2, 0.25) is 5.02 Å². The normalized spacial score (nSPS) is 16.1. The molecule has 0 spiro atoms. The highest BCUT2D eigenvalue weighted by Crippen LogP contribution is 2.19. The smallest absolute Gasteiger partial charge is 0.273 e. The molecule has 1 N–H and O–H groups in total. The fraction of sp³-hybridized carbons (Fsp3) is 0.565. The molecule has 1 atom stereocenters. The van der Waals surface area contributed by atoms with E-state index in [0.717, 1.165) is 44.4 Å². The van der Waals surface area contributed by atoms with Crippen LogP contribution in [-0.4, -0.2) is 66.1 Å². The second kappa shape index (κ2) is 11.6. The number of nitrogens with one attached hydrogen (secondary N) is 1. The van der Waals surface area contributed by atoms with E-state index in [-0.39, 0.29) is 5.91 Å². The summed E-state index contributed by atoms with van der Waals surface area (Å²) < 4.78 is 11.0. The highest BCUT2D eigenvalue weighted by molar-refractivity contribution is 6.30. The Morgan fingerprint density at radius 3 is 2.58 bits per heavy atom. The quantitative estimate of drug-likeness (QED) is 0.600. The Morgan fingerprint density at radius 1 is 1.19 bits per heavy atom. The fourth-order valence-electron chi connectivity index (χ4n) is 3.49. The first-order valence-electron chi connectivity index (χ1n) is 10.9. The maximum absolute atomic E-state index is 12.4. The molecule has 170 valence electrons. The SMILES string of the molecule is CC(C)C(C)N(Cc1ccc(Cl)cc1)Cc1nc(C(=O)NCCN2CCOCC2)co1. The minimum absolute atomic E-state index is 0.204. The van der Waals surface area contributed by atoms with Crippen LogP contribution < -0.4 is 5.32 Å². The number of carbonyl (C=O) groups excluding carboxylic acids is 1. The zero-order valence-electron chi connectivity index (χ0n) is 18.6. The molecule has 8 heteroatoms. The van der Waals surface area contributed by atoms with Gasteiger partial charge in [0.25, 0.3) is 5.91 Å². The van der Waals surface area contributed by atoms with Crippen LogP contribution in [-0.2, 0) is 17.8 Å². The van der Waals surface area contributed by atoms with Gasteiger partial charge in [-0.3, -0.25) is 14.6 Å². The lowest BCUT2D eigenvalue weighted by Gasteiger charge is -2.30. The van der Waals surface area contributed by atoms with E-state index >= 15 is 0 Å². The topological polar surface area (TPSA) is 70.8 Å². The molecule has 1 unspecified atom stereocenters.